The van der Waals surface area contributed by atoms with Crippen LogP contribution in [0.2, 0.25) is 0 Å². The number of aliphatic imine (C=N–C) groups is 1. The first-order chi connectivity index (χ1) is 12.5. The number of aryl methyl sites for hydroxylation is 1. The second kappa shape index (κ2) is 9.59. The van der Waals surface area contributed by atoms with Gasteiger partial charge in [0.2, 0.25) is 5.60 Å². The lowest BCUT2D eigenvalue weighted by Gasteiger charge is -2.29. The highest BCUT2D eigenvalue weighted by atomic mass is 127. The van der Waals surface area contributed by atoms with Crippen LogP contribution < -0.4 is 11.1 Å². The number of anilines is 1. The maximum Gasteiger partial charge on any atom is 0.424 e. The summed E-state index contributed by atoms with van der Waals surface area (Å²) in [5.74, 6) is -0.189. The van der Waals surface area contributed by atoms with Crippen molar-refractivity contribution in [3.8, 4) is 0 Å². The van der Waals surface area contributed by atoms with E-state index in [4.69, 9.17) is 5.73 Å². The van der Waals surface area contributed by atoms with Gasteiger partial charge in [-0.1, -0.05) is 26.0 Å². The van der Waals surface area contributed by atoms with Crippen molar-refractivity contribution in [2.24, 2.45) is 17.8 Å². The van der Waals surface area contributed by atoms with Crippen LogP contribution in [-0.4, -0.2) is 33.3 Å². The van der Waals surface area contributed by atoms with Crippen molar-refractivity contribution in [1.82, 2.24) is 9.55 Å². The summed E-state index contributed by atoms with van der Waals surface area (Å²) in [6, 6.07) is 7.51. The Balaban J connectivity index is 0.00000392. The number of hydrogen-bond acceptors (Lipinski definition) is 3. The van der Waals surface area contributed by atoms with E-state index < -0.39 is 24.0 Å². The van der Waals surface area contributed by atoms with E-state index >= 15 is 0 Å². The van der Waals surface area contributed by atoms with Crippen LogP contribution in [0.15, 0.2) is 41.7 Å². The predicted octanol–water partition coefficient (Wildman–Crippen LogP) is 3.73. The van der Waals surface area contributed by atoms with E-state index in [-0.39, 0.29) is 36.5 Å². The maximum absolute atomic E-state index is 13.4. The second-order valence-electron chi connectivity index (χ2n) is 6.64. The molecule has 156 valence electrons. The zero-order valence-electron chi connectivity index (χ0n) is 15.9. The van der Waals surface area contributed by atoms with Crippen molar-refractivity contribution in [3.63, 3.8) is 0 Å². The lowest BCUT2D eigenvalue weighted by molar-refractivity contribution is -0.272. The number of aliphatic hydroxyl groups is 1. The number of alkyl halides is 3. The van der Waals surface area contributed by atoms with Gasteiger partial charge >= 0.3 is 6.18 Å². The maximum atomic E-state index is 13.4. The van der Waals surface area contributed by atoms with E-state index in [1.54, 1.807) is 6.07 Å². The third-order valence-electron chi connectivity index (χ3n) is 4.24. The zero-order chi connectivity index (χ0) is 20.2. The van der Waals surface area contributed by atoms with Crippen molar-refractivity contribution >= 4 is 35.6 Å². The molecule has 2 aromatic rings. The fourth-order valence-corrected chi connectivity index (χ4v) is 2.65. The first-order valence-electron chi connectivity index (χ1n) is 8.48. The van der Waals surface area contributed by atoms with E-state index in [2.05, 4.69) is 15.3 Å². The van der Waals surface area contributed by atoms with Crippen molar-refractivity contribution in [3.05, 3.63) is 48.0 Å². The Bertz CT molecular complexity index is 807. The van der Waals surface area contributed by atoms with E-state index in [0.717, 1.165) is 10.1 Å². The van der Waals surface area contributed by atoms with Gasteiger partial charge in [0.25, 0.3) is 0 Å². The topological polar surface area (TPSA) is 88.5 Å². The highest BCUT2D eigenvalue weighted by Crippen LogP contribution is 2.40. The fourth-order valence-electron chi connectivity index (χ4n) is 2.65. The molecule has 4 N–H and O–H groups in total. The van der Waals surface area contributed by atoms with Crippen molar-refractivity contribution in [2.75, 3.05) is 11.9 Å². The molecule has 0 spiro atoms. The number of benzene rings is 1. The molecule has 6 nitrogen and oxygen atoms in total. The SMILES string of the molecule is CC(C)c1cccc(NC(N)=NCCC(O)(c2nccn2C)C(F)(F)F)c1.I. The lowest BCUT2D eigenvalue weighted by Crippen LogP contribution is -2.45. The number of nitrogens with one attached hydrogen (secondary N) is 1. The zero-order valence-corrected chi connectivity index (χ0v) is 18.2. The van der Waals surface area contributed by atoms with Crippen LogP contribution in [0.4, 0.5) is 18.9 Å². The van der Waals surface area contributed by atoms with Crippen LogP contribution in [0.25, 0.3) is 0 Å². The van der Waals surface area contributed by atoms with Gasteiger partial charge in [0.15, 0.2) is 5.96 Å². The van der Waals surface area contributed by atoms with Gasteiger partial charge in [0, 0.05) is 38.1 Å². The van der Waals surface area contributed by atoms with Crippen LogP contribution in [0.3, 0.4) is 0 Å². The van der Waals surface area contributed by atoms with Gasteiger partial charge in [-0.05, 0) is 23.6 Å². The standard InChI is InChI=1S/C18H24F3N5O.HI/c1-12(2)13-5-4-6-14(11-13)25-16(22)24-8-7-17(27,18(19,20)21)15-23-9-10-26(15)3;/h4-6,9-12,27H,7-8H2,1-3H3,(H3,22,24,25);1H. The molecule has 0 radical (unpaired) electrons. The average Bonchev–Trinajstić information content (AvgIpc) is 3.00. The minimum atomic E-state index is -4.89. The van der Waals surface area contributed by atoms with Crippen LogP contribution in [-0.2, 0) is 12.6 Å². The Hall–Kier alpha value is -1.82. The molecule has 1 atom stereocenters. The van der Waals surface area contributed by atoms with Gasteiger partial charge in [-0.15, -0.1) is 24.0 Å². The van der Waals surface area contributed by atoms with E-state index in [0.29, 0.717) is 11.6 Å². The molecule has 2 rings (SSSR count). The molecule has 10 heteroatoms. The highest BCUT2D eigenvalue weighted by molar-refractivity contribution is 14.0. The number of imidazole rings is 1. The van der Waals surface area contributed by atoms with Crippen molar-refractivity contribution in [1.29, 1.82) is 0 Å². The van der Waals surface area contributed by atoms with Crippen LogP contribution in [0, 0.1) is 0 Å². The molecule has 0 bridgehead atoms. The Morgan fingerprint density at radius 1 is 1.36 bits per heavy atom. The Kier molecular flexibility index (Phi) is 8.30. The predicted molar refractivity (Wildman–Crippen MR) is 114 cm³/mol. The summed E-state index contributed by atoms with van der Waals surface area (Å²) in [5, 5.41) is 13.1. The lowest BCUT2D eigenvalue weighted by atomic mass is 9.98. The molecule has 28 heavy (non-hydrogen) atoms. The summed E-state index contributed by atoms with van der Waals surface area (Å²) < 4.78 is 41.5. The Morgan fingerprint density at radius 3 is 2.57 bits per heavy atom. The summed E-state index contributed by atoms with van der Waals surface area (Å²) in [6.07, 6.45) is -3.05. The van der Waals surface area contributed by atoms with Gasteiger partial charge < -0.3 is 20.7 Å². The number of aromatic nitrogens is 2. The number of nitrogens with zero attached hydrogens (tertiary/aromatic N) is 3. The van der Waals surface area contributed by atoms with Crippen LogP contribution >= 0.6 is 24.0 Å². The quantitative estimate of drug-likeness (QED) is 0.314. The molecule has 0 aliphatic heterocycles. The summed E-state index contributed by atoms with van der Waals surface area (Å²) >= 11 is 0. The minimum absolute atomic E-state index is 0. The number of guanidine groups is 1. The van der Waals surface area contributed by atoms with Gasteiger partial charge in [0.1, 0.15) is 5.82 Å². The second-order valence-corrected chi connectivity index (χ2v) is 6.64. The molecule has 0 saturated heterocycles. The van der Waals surface area contributed by atoms with Gasteiger partial charge in [-0.2, -0.15) is 13.2 Å². The minimum Gasteiger partial charge on any atom is -0.374 e. The first-order valence-corrected chi connectivity index (χ1v) is 8.48. The van der Waals surface area contributed by atoms with E-state index in [1.165, 1.54) is 19.4 Å². The molecular formula is C18H25F3IN5O. The molecule has 0 amide bonds. The third-order valence-corrected chi connectivity index (χ3v) is 4.24. The summed E-state index contributed by atoms with van der Waals surface area (Å²) in [7, 11) is 1.39. The summed E-state index contributed by atoms with van der Waals surface area (Å²) in [4.78, 5) is 7.56. The van der Waals surface area contributed by atoms with Gasteiger partial charge in [0.05, 0.1) is 0 Å². The largest absolute Gasteiger partial charge is 0.424 e. The molecule has 0 aliphatic rings. The van der Waals surface area contributed by atoms with E-state index in [1.807, 2.05) is 32.0 Å². The van der Waals surface area contributed by atoms with Crippen LogP contribution in [0.1, 0.15) is 37.6 Å². The average molecular weight is 511 g/mol. The molecule has 1 aromatic heterocycles. The molecule has 0 aliphatic carbocycles. The number of nitrogens with two attached hydrogens (primary N) is 1. The summed E-state index contributed by atoms with van der Waals surface area (Å²) in [5.41, 5.74) is 4.45. The van der Waals surface area contributed by atoms with Crippen molar-refractivity contribution in [2.45, 2.75) is 38.0 Å². The van der Waals surface area contributed by atoms with Crippen LogP contribution in [0.5, 0.6) is 0 Å². The molecule has 0 saturated carbocycles. The highest BCUT2D eigenvalue weighted by Gasteiger charge is 2.57. The molecule has 1 unspecified atom stereocenters. The molecule has 0 fully saturated rings. The normalized spacial score (nSPS) is 14.5. The number of rotatable bonds is 6. The van der Waals surface area contributed by atoms with Crippen molar-refractivity contribution < 1.29 is 18.3 Å². The summed E-state index contributed by atoms with van der Waals surface area (Å²) in [6.45, 7) is 3.77. The number of hydrogen-bond donors (Lipinski definition) is 3. The van der Waals surface area contributed by atoms with Gasteiger partial charge in [-0.3, -0.25) is 4.99 Å². The Labute approximate surface area is 179 Å². The first kappa shape index (κ1) is 24.2. The fraction of sp³-hybridized carbons (Fsp3) is 0.444. The molecule has 1 aromatic carbocycles. The molecular weight excluding hydrogens is 486 g/mol. The smallest absolute Gasteiger partial charge is 0.374 e. The molecule has 1 heterocycles. The monoisotopic (exact) mass is 511 g/mol. The van der Waals surface area contributed by atoms with Gasteiger partial charge in [-0.25, -0.2) is 4.98 Å². The Morgan fingerprint density at radius 2 is 2.04 bits per heavy atom. The van der Waals surface area contributed by atoms with E-state index in [9.17, 15) is 18.3 Å². The third kappa shape index (κ3) is 5.60. The number of halogens is 4.